The summed E-state index contributed by atoms with van der Waals surface area (Å²) in [6.07, 6.45) is 7.77. The lowest BCUT2D eigenvalue weighted by atomic mass is 9.89. The number of amides is 1. The number of carbonyl (C=O) groups excluding carboxylic acids is 1. The predicted octanol–water partition coefficient (Wildman–Crippen LogP) is 4.61. The first-order valence-corrected chi connectivity index (χ1v) is 10.5. The number of alkyl carbamates (subject to hydrolysis) is 1. The van der Waals surface area contributed by atoms with E-state index in [4.69, 9.17) is 14.2 Å². The van der Waals surface area contributed by atoms with E-state index in [0.717, 1.165) is 43.0 Å². The lowest BCUT2D eigenvalue weighted by Gasteiger charge is -2.39. The Morgan fingerprint density at radius 1 is 1.11 bits per heavy atom. The molecule has 2 aliphatic rings. The Morgan fingerprint density at radius 3 is 2.41 bits per heavy atom. The molecule has 7 heteroatoms. The second-order valence-electron chi connectivity index (χ2n) is 8.40. The number of carbonyl (C=O) groups is 1. The smallest absolute Gasteiger partial charge is 0.407 e. The van der Waals surface area contributed by atoms with Crippen LogP contribution >= 0.6 is 15.9 Å². The molecule has 0 aliphatic heterocycles. The first kappa shape index (κ1) is 20.4. The van der Waals surface area contributed by atoms with Gasteiger partial charge in [-0.3, -0.25) is 0 Å². The maximum atomic E-state index is 11.9. The van der Waals surface area contributed by atoms with Gasteiger partial charge in [-0.2, -0.15) is 0 Å². The van der Waals surface area contributed by atoms with Crippen LogP contribution < -0.4 is 10.1 Å². The highest BCUT2D eigenvalue weighted by Gasteiger charge is 2.35. The minimum atomic E-state index is -0.459. The number of aromatic nitrogens is 1. The van der Waals surface area contributed by atoms with Crippen molar-refractivity contribution in [3.05, 3.63) is 22.8 Å². The van der Waals surface area contributed by atoms with E-state index in [-0.39, 0.29) is 30.4 Å². The lowest BCUT2D eigenvalue weighted by Crippen LogP contribution is -2.45. The van der Waals surface area contributed by atoms with Crippen LogP contribution in [0.4, 0.5) is 4.79 Å². The first-order chi connectivity index (χ1) is 12.8. The molecule has 0 aromatic carbocycles. The van der Waals surface area contributed by atoms with Gasteiger partial charge in [-0.15, -0.1) is 0 Å². The predicted molar refractivity (Wildman–Crippen MR) is 106 cm³/mol. The monoisotopic (exact) mass is 440 g/mol. The van der Waals surface area contributed by atoms with Crippen LogP contribution in [-0.4, -0.2) is 41.0 Å². The van der Waals surface area contributed by atoms with Gasteiger partial charge in [0.25, 0.3) is 0 Å². The number of halogens is 1. The van der Waals surface area contributed by atoms with Crippen molar-refractivity contribution in [3.63, 3.8) is 0 Å². The molecule has 150 valence electrons. The molecular formula is C20H29BrN2O4. The van der Waals surface area contributed by atoms with Gasteiger partial charge in [0.2, 0.25) is 5.88 Å². The molecule has 0 saturated heterocycles. The third-order valence-electron chi connectivity index (χ3n) is 4.82. The molecular weight excluding hydrogens is 412 g/mol. The zero-order valence-electron chi connectivity index (χ0n) is 16.2. The molecule has 0 unspecified atom stereocenters. The van der Waals surface area contributed by atoms with E-state index in [1.165, 1.54) is 0 Å². The van der Waals surface area contributed by atoms with Crippen LogP contribution in [0.5, 0.6) is 5.88 Å². The first-order valence-electron chi connectivity index (χ1n) is 9.70. The second kappa shape index (κ2) is 8.78. The van der Waals surface area contributed by atoms with E-state index in [1.54, 1.807) is 6.20 Å². The Labute approximate surface area is 169 Å². The SMILES string of the molecule is CC(C)(C)OC(=O)NC1CCC(OC2CC(Oc3ccc(Br)cn3)C2)CC1. The molecule has 0 radical (unpaired) electrons. The van der Waals surface area contributed by atoms with Gasteiger partial charge < -0.3 is 19.5 Å². The average Bonchev–Trinajstić information content (AvgIpc) is 2.54. The fourth-order valence-corrected chi connectivity index (χ4v) is 3.65. The highest BCUT2D eigenvalue weighted by molar-refractivity contribution is 9.10. The van der Waals surface area contributed by atoms with Crippen LogP contribution in [0, 0.1) is 0 Å². The van der Waals surface area contributed by atoms with Crippen molar-refractivity contribution >= 4 is 22.0 Å². The van der Waals surface area contributed by atoms with Crippen LogP contribution in [0.1, 0.15) is 59.3 Å². The van der Waals surface area contributed by atoms with Crippen molar-refractivity contribution in [2.75, 3.05) is 0 Å². The van der Waals surface area contributed by atoms with Crippen LogP contribution in [0.3, 0.4) is 0 Å². The Kier molecular flexibility index (Phi) is 6.63. The Balaban J connectivity index is 1.30. The van der Waals surface area contributed by atoms with Gasteiger partial charge in [0.05, 0.1) is 12.2 Å². The zero-order chi connectivity index (χ0) is 19.4. The number of rotatable bonds is 5. The van der Waals surface area contributed by atoms with Gasteiger partial charge >= 0.3 is 6.09 Å². The minimum absolute atomic E-state index is 0.181. The van der Waals surface area contributed by atoms with Crippen molar-refractivity contribution in [1.82, 2.24) is 10.3 Å². The summed E-state index contributed by atoms with van der Waals surface area (Å²) in [5, 5.41) is 2.97. The van der Waals surface area contributed by atoms with Gasteiger partial charge in [-0.25, -0.2) is 9.78 Å². The third-order valence-corrected chi connectivity index (χ3v) is 5.29. The molecule has 0 spiro atoms. The van der Waals surface area contributed by atoms with Gasteiger partial charge in [0.15, 0.2) is 0 Å². The van der Waals surface area contributed by atoms with E-state index < -0.39 is 5.60 Å². The lowest BCUT2D eigenvalue weighted by molar-refractivity contribution is -0.107. The summed E-state index contributed by atoms with van der Waals surface area (Å²) in [6, 6.07) is 3.98. The van der Waals surface area contributed by atoms with E-state index in [2.05, 4.69) is 26.2 Å². The van der Waals surface area contributed by atoms with E-state index >= 15 is 0 Å². The summed E-state index contributed by atoms with van der Waals surface area (Å²) in [7, 11) is 0. The van der Waals surface area contributed by atoms with Crippen LogP contribution in [0.15, 0.2) is 22.8 Å². The summed E-state index contributed by atoms with van der Waals surface area (Å²) in [5.74, 6) is 0.662. The molecule has 2 saturated carbocycles. The highest BCUT2D eigenvalue weighted by atomic mass is 79.9. The van der Waals surface area contributed by atoms with Crippen molar-refractivity contribution in [3.8, 4) is 5.88 Å². The fourth-order valence-electron chi connectivity index (χ4n) is 3.42. The Bertz CT molecular complexity index is 618. The van der Waals surface area contributed by atoms with Crippen LogP contribution in [0.25, 0.3) is 0 Å². The molecule has 1 heterocycles. The van der Waals surface area contributed by atoms with E-state index in [1.807, 2.05) is 32.9 Å². The molecule has 1 N–H and O–H groups in total. The van der Waals surface area contributed by atoms with Gasteiger partial charge in [0.1, 0.15) is 11.7 Å². The molecule has 1 aromatic heterocycles. The van der Waals surface area contributed by atoms with E-state index in [0.29, 0.717) is 5.88 Å². The number of hydrogen-bond donors (Lipinski definition) is 1. The van der Waals surface area contributed by atoms with Crippen molar-refractivity contribution in [2.45, 2.75) is 89.3 Å². The Hall–Kier alpha value is -1.34. The third kappa shape index (κ3) is 6.64. The summed E-state index contributed by atoms with van der Waals surface area (Å²) in [4.78, 5) is 16.1. The molecule has 2 fully saturated rings. The molecule has 1 amide bonds. The number of nitrogens with zero attached hydrogens (tertiary/aromatic N) is 1. The van der Waals surface area contributed by atoms with E-state index in [9.17, 15) is 4.79 Å². The summed E-state index contributed by atoms with van der Waals surface area (Å²) >= 11 is 3.37. The summed E-state index contributed by atoms with van der Waals surface area (Å²) in [6.45, 7) is 5.62. The molecule has 3 rings (SSSR count). The zero-order valence-corrected chi connectivity index (χ0v) is 17.8. The maximum Gasteiger partial charge on any atom is 0.407 e. The van der Waals surface area contributed by atoms with Gasteiger partial charge in [0, 0.05) is 35.6 Å². The number of hydrogen-bond acceptors (Lipinski definition) is 5. The van der Waals surface area contributed by atoms with Gasteiger partial charge in [-0.1, -0.05) is 0 Å². The normalized spacial score (nSPS) is 28.1. The number of ether oxygens (including phenoxy) is 3. The largest absolute Gasteiger partial charge is 0.474 e. The molecule has 1 aromatic rings. The minimum Gasteiger partial charge on any atom is -0.474 e. The van der Waals surface area contributed by atoms with Gasteiger partial charge in [-0.05, 0) is 68.5 Å². The van der Waals surface area contributed by atoms with Crippen LogP contribution in [-0.2, 0) is 9.47 Å². The second-order valence-corrected chi connectivity index (χ2v) is 9.32. The quantitative estimate of drug-likeness (QED) is 0.723. The van der Waals surface area contributed by atoms with Crippen molar-refractivity contribution in [1.29, 1.82) is 0 Å². The van der Waals surface area contributed by atoms with Crippen molar-refractivity contribution < 1.29 is 19.0 Å². The molecule has 0 bridgehead atoms. The number of pyridine rings is 1. The Morgan fingerprint density at radius 2 is 1.81 bits per heavy atom. The molecule has 2 aliphatic carbocycles. The molecule has 0 atom stereocenters. The standard InChI is InChI=1S/C20H29BrN2O4/c1-20(2,3)27-19(24)23-14-5-7-15(8-6-14)25-16-10-17(11-16)26-18-9-4-13(21)12-22-18/h4,9,12,14-17H,5-8,10-11H2,1-3H3,(H,23,24). The summed E-state index contributed by atoms with van der Waals surface area (Å²) in [5.41, 5.74) is -0.459. The topological polar surface area (TPSA) is 69.7 Å². The molecule has 6 nitrogen and oxygen atoms in total. The number of nitrogens with one attached hydrogen (secondary N) is 1. The van der Waals surface area contributed by atoms with Crippen LogP contribution in [0.2, 0.25) is 0 Å². The average molecular weight is 441 g/mol. The highest BCUT2D eigenvalue weighted by Crippen LogP contribution is 2.32. The van der Waals surface area contributed by atoms with Crippen molar-refractivity contribution in [2.24, 2.45) is 0 Å². The molecule has 27 heavy (non-hydrogen) atoms. The summed E-state index contributed by atoms with van der Waals surface area (Å²) < 4.78 is 18.3. The maximum absolute atomic E-state index is 11.9. The fraction of sp³-hybridized carbons (Fsp3) is 0.700.